The van der Waals surface area contributed by atoms with Gasteiger partial charge in [-0.3, -0.25) is 4.68 Å². The zero-order chi connectivity index (χ0) is 24.8. The summed E-state index contributed by atoms with van der Waals surface area (Å²) in [6, 6.07) is 13.1. The second-order valence-electron chi connectivity index (χ2n) is 9.58. The molecule has 0 atom stereocenters. The third kappa shape index (κ3) is 3.84. The van der Waals surface area contributed by atoms with Gasteiger partial charge in [-0.25, -0.2) is 14.4 Å². The number of fused-ring (bicyclic) bond motifs is 2. The number of para-hydroxylation sites is 1. The SMILES string of the molecule is Cn1ncc2cccc(N3CCc4nc(N5CCC(N)CC5)nc(-c5ccc(C#N)c(F)c5)c4C3)c21. The fraction of sp³-hybridized carbons (Fsp3) is 0.333. The summed E-state index contributed by atoms with van der Waals surface area (Å²) in [5.41, 5.74) is 11.7. The van der Waals surface area contributed by atoms with E-state index in [-0.39, 0.29) is 11.6 Å². The van der Waals surface area contributed by atoms with Crippen LogP contribution in [0.15, 0.2) is 42.6 Å². The molecular formula is C27H27FN8. The van der Waals surface area contributed by atoms with Crippen molar-refractivity contribution in [3.8, 4) is 17.3 Å². The Morgan fingerprint density at radius 3 is 2.69 bits per heavy atom. The predicted molar refractivity (Wildman–Crippen MR) is 137 cm³/mol. The molecule has 4 heterocycles. The smallest absolute Gasteiger partial charge is 0.226 e. The third-order valence-corrected chi connectivity index (χ3v) is 7.31. The lowest BCUT2D eigenvalue weighted by Crippen LogP contribution is -2.41. The van der Waals surface area contributed by atoms with Crippen LogP contribution in [0.2, 0.25) is 0 Å². The van der Waals surface area contributed by atoms with Gasteiger partial charge < -0.3 is 15.5 Å². The molecular weight excluding hydrogens is 455 g/mol. The molecule has 6 rings (SSSR count). The lowest BCUT2D eigenvalue weighted by molar-refractivity contribution is 0.494. The van der Waals surface area contributed by atoms with E-state index in [0.29, 0.717) is 18.1 Å². The number of aryl methyl sites for hydroxylation is 1. The van der Waals surface area contributed by atoms with Gasteiger partial charge in [-0.15, -0.1) is 0 Å². The molecule has 0 aliphatic carbocycles. The minimum absolute atomic E-state index is 0.0245. The minimum atomic E-state index is -0.542. The van der Waals surface area contributed by atoms with Crippen molar-refractivity contribution >= 4 is 22.5 Å². The Bertz CT molecular complexity index is 1500. The van der Waals surface area contributed by atoms with Gasteiger partial charge in [0.05, 0.1) is 34.4 Å². The maximum Gasteiger partial charge on any atom is 0.226 e. The molecule has 2 N–H and O–H groups in total. The number of aromatic nitrogens is 4. The number of nitriles is 1. The normalized spacial score (nSPS) is 16.3. The highest BCUT2D eigenvalue weighted by Crippen LogP contribution is 2.35. The lowest BCUT2D eigenvalue weighted by atomic mass is 9.97. The van der Waals surface area contributed by atoms with Crippen LogP contribution in [0.3, 0.4) is 0 Å². The summed E-state index contributed by atoms with van der Waals surface area (Å²) in [5, 5.41) is 14.7. The second kappa shape index (κ2) is 8.88. The molecule has 0 saturated carbocycles. The Kier molecular flexibility index (Phi) is 5.53. The molecule has 2 aliphatic heterocycles. The van der Waals surface area contributed by atoms with Gasteiger partial charge in [0.15, 0.2) is 0 Å². The highest BCUT2D eigenvalue weighted by atomic mass is 19.1. The number of hydrogen-bond acceptors (Lipinski definition) is 7. The van der Waals surface area contributed by atoms with Gasteiger partial charge in [-0.1, -0.05) is 18.2 Å². The van der Waals surface area contributed by atoms with Gasteiger partial charge in [-0.2, -0.15) is 10.4 Å². The van der Waals surface area contributed by atoms with E-state index in [2.05, 4.69) is 27.0 Å². The molecule has 36 heavy (non-hydrogen) atoms. The first-order valence-corrected chi connectivity index (χ1v) is 12.3. The quantitative estimate of drug-likeness (QED) is 0.477. The lowest BCUT2D eigenvalue weighted by Gasteiger charge is -2.34. The summed E-state index contributed by atoms with van der Waals surface area (Å²) in [4.78, 5) is 14.5. The van der Waals surface area contributed by atoms with Gasteiger partial charge in [0.1, 0.15) is 11.9 Å². The van der Waals surface area contributed by atoms with Crippen molar-refractivity contribution in [3.05, 3.63) is 65.2 Å². The maximum absolute atomic E-state index is 14.7. The molecule has 9 heteroatoms. The average molecular weight is 483 g/mol. The minimum Gasteiger partial charge on any atom is -0.365 e. The molecule has 2 aliphatic rings. The van der Waals surface area contributed by atoms with Gasteiger partial charge >= 0.3 is 0 Å². The molecule has 0 spiro atoms. The molecule has 1 fully saturated rings. The number of nitrogens with two attached hydrogens (primary N) is 1. The second-order valence-corrected chi connectivity index (χ2v) is 9.58. The van der Waals surface area contributed by atoms with Crippen molar-refractivity contribution in [1.82, 2.24) is 19.7 Å². The van der Waals surface area contributed by atoms with Crippen LogP contribution in [0, 0.1) is 17.1 Å². The van der Waals surface area contributed by atoms with E-state index in [1.807, 2.05) is 30.1 Å². The van der Waals surface area contributed by atoms with Crippen LogP contribution < -0.4 is 15.5 Å². The Morgan fingerprint density at radius 1 is 1.08 bits per heavy atom. The summed E-state index contributed by atoms with van der Waals surface area (Å²) in [5.74, 6) is 0.128. The maximum atomic E-state index is 14.7. The first-order valence-electron chi connectivity index (χ1n) is 12.3. The van der Waals surface area contributed by atoms with Crippen LogP contribution in [0.5, 0.6) is 0 Å². The molecule has 0 radical (unpaired) electrons. The van der Waals surface area contributed by atoms with Crippen molar-refractivity contribution < 1.29 is 4.39 Å². The number of rotatable bonds is 3. The molecule has 2 aromatic heterocycles. The summed E-state index contributed by atoms with van der Waals surface area (Å²) >= 11 is 0. The van der Waals surface area contributed by atoms with Gasteiger partial charge in [0.2, 0.25) is 5.95 Å². The van der Waals surface area contributed by atoms with Crippen LogP contribution in [0.4, 0.5) is 16.0 Å². The van der Waals surface area contributed by atoms with Crippen LogP contribution in [-0.2, 0) is 20.0 Å². The van der Waals surface area contributed by atoms with E-state index < -0.39 is 5.82 Å². The summed E-state index contributed by atoms with van der Waals surface area (Å²) < 4.78 is 16.6. The van der Waals surface area contributed by atoms with E-state index in [0.717, 1.165) is 72.4 Å². The van der Waals surface area contributed by atoms with E-state index in [9.17, 15) is 9.65 Å². The number of benzene rings is 2. The molecule has 4 aromatic rings. The number of hydrogen-bond donors (Lipinski definition) is 1. The molecule has 8 nitrogen and oxygen atoms in total. The molecule has 0 unspecified atom stereocenters. The summed E-state index contributed by atoms with van der Waals surface area (Å²) in [6.07, 6.45) is 4.41. The van der Waals surface area contributed by atoms with E-state index in [1.165, 1.54) is 12.1 Å². The van der Waals surface area contributed by atoms with Crippen molar-refractivity contribution in [2.45, 2.75) is 31.8 Å². The van der Waals surface area contributed by atoms with Crippen LogP contribution >= 0.6 is 0 Å². The van der Waals surface area contributed by atoms with Crippen molar-refractivity contribution in [3.63, 3.8) is 0 Å². The molecule has 2 aromatic carbocycles. The standard InChI is InChI=1S/C27H27FN8/c1-34-26-19(15-31-34)3-2-4-24(26)36-12-9-23-21(16-36)25(17-5-6-18(14-29)22(28)13-17)33-27(32-23)35-10-7-20(30)8-11-35/h2-6,13,15,20H,7-12,16,30H2,1H3. The van der Waals surface area contributed by atoms with Gasteiger partial charge in [0.25, 0.3) is 0 Å². The largest absolute Gasteiger partial charge is 0.365 e. The Hall–Kier alpha value is -4.03. The zero-order valence-corrected chi connectivity index (χ0v) is 20.2. The third-order valence-electron chi connectivity index (χ3n) is 7.31. The number of piperidine rings is 1. The number of halogens is 1. The fourth-order valence-corrected chi connectivity index (χ4v) is 5.31. The Morgan fingerprint density at radius 2 is 1.92 bits per heavy atom. The zero-order valence-electron chi connectivity index (χ0n) is 20.2. The van der Waals surface area contributed by atoms with Crippen molar-refractivity contribution in [2.24, 2.45) is 12.8 Å². The highest BCUT2D eigenvalue weighted by Gasteiger charge is 2.27. The van der Waals surface area contributed by atoms with E-state index >= 15 is 0 Å². The fourth-order valence-electron chi connectivity index (χ4n) is 5.31. The van der Waals surface area contributed by atoms with E-state index in [1.54, 1.807) is 6.07 Å². The molecule has 1 saturated heterocycles. The Labute approximate surface area is 208 Å². The molecule has 0 bridgehead atoms. The molecule has 0 amide bonds. The van der Waals surface area contributed by atoms with Crippen LogP contribution in [0.1, 0.15) is 29.7 Å². The van der Waals surface area contributed by atoms with Crippen LogP contribution in [-0.4, -0.2) is 45.4 Å². The van der Waals surface area contributed by atoms with Crippen molar-refractivity contribution in [2.75, 3.05) is 29.4 Å². The topological polar surface area (TPSA) is 99.9 Å². The van der Waals surface area contributed by atoms with Gasteiger partial charge in [0, 0.05) is 62.2 Å². The first-order chi connectivity index (χ1) is 17.5. The Balaban J connectivity index is 1.45. The van der Waals surface area contributed by atoms with Gasteiger partial charge in [-0.05, 0) is 31.0 Å². The predicted octanol–water partition coefficient (Wildman–Crippen LogP) is 3.53. The number of anilines is 2. The molecule has 182 valence electrons. The van der Waals surface area contributed by atoms with Crippen molar-refractivity contribution in [1.29, 1.82) is 5.26 Å². The monoisotopic (exact) mass is 482 g/mol. The first kappa shape index (κ1) is 22.4. The summed E-state index contributed by atoms with van der Waals surface area (Å²) in [7, 11) is 1.95. The van der Waals surface area contributed by atoms with E-state index in [4.69, 9.17) is 15.7 Å². The number of nitrogens with zero attached hydrogens (tertiary/aromatic N) is 7. The highest BCUT2D eigenvalue weighted by molar-refractivity contribution is 5.91. The average Bonchev–Trinajstić information content (AvgIpc) is 3.29. The van der Waals surface area contributed by atoms with Crippen LogP contribution in [0.25, 0.3) is 22.2 Å². The summed E-state index contributed by atoms with van der Waals surface area (Å²) in [6.45, 7) is 3.01.